The zero-order valence-corrected chi connectivity index (χ0v) is 9.28. The number of rotatable bonds is 5. The van der Waals surface area contributed by atoms with Crippen LogP contribution in [-0.4, -0.2) is 36.9 Å². The van der Waals surface area contributed by atoms with Gasteiger partial charge in [0.2, 0.25) is 0 Å². The second kappa shape index (κ2) is 5.72. The van der Waals surface area contributed by atoms with Gasteiger partial charge in [-0.25, -0.2) is 0 Å². The van der Waals surface area contributed by atoms with E-state index < -0.39 is 0 Å². The smallest absolute Gasteiger partial charge is 0.194 e. The van der Waals surface area contributed by atoms with Crippen LogP contribution < -0.4 is 10.6 Å². The normalized spacial score (nSPS) is 19.9. The van der Waals surface area contributed by atoms with Gasteiger partial charge in [-0.05, 0) is 44.1 Å². The number of carbonyl (C=O) groups excluding carboxylic acids is 1. The van der Waals surface area contributed by atoms with E-state index in [1.165, 1.54) is 6.42 Å². The van der Waals surface area contributed by atoms with E-state index >= 15 is 0 Å². The molecular formula is C12H17N3O. The fourth-order valence-electron chi connectivity index (χ4n) is 1.90. The second-order valence-electron chi connectivity index (χ2n) is 4.13. The van der Waals surface area contributed by atoms with Crippen molar-refractivity contribution in [3.05, 3.63) is 30.1 Å². The Bertz CT molecular complexity index is 333. The first-order valence-corrected chi connectivity index (χ1v) is 5.72. The van der Waals surface area contributed by atoms with Gasteiger partial charge in [0.1, 0.15) is 5.69 Å². The summed E-state index contributed by atoms with van der Waals surface area (Å²) in [5, 5.41) is 6.50. The highest BCUT2D eigenvalue weighted by Gasteiger charge is 2.14. The van der Waals surface area contributed by atoms with E-state index in [0.29, 0.717) is 18.2 Å². The number of pyridine rings is 1. The monoisotopic (exact) mass is 219 g/mol. The molecule has 1 fully saturated rings. The Labute approximate surface area is 95.5 Å². The molecule has 0 aliphatic carbocycles. The predicted octanol–water partition coefficient (Wildman–Crippen LogP) is 0.463. The lowest BCUT2D eigenvalue weighted by Crippen LogP contribution is -2.29. The van der Waals surface area contributed by atoms with Gasteiger partial charge >= 0.3 is 0 Å². The van der Waals surface area contributed by atoms with Crippen molar-refractivity contribution in [2.24, 2.45) is 5.92 Å². The molecule has 0 radical (unpaired) electrons. The van der Waals surface area contributed by atoms with Gasteiger partial charge in [-0.15, -0.1) is 0 Å². The summed E-state index contributed by atoms with van der Waals surface area (Å²) in [7, 11) is 0. The summed E-state index contributed by atoms with van der Waals surface area (Å²) < 4.78 is 0. The summed E-state index contributed by atoms with van der Waals surface area (Å²) in [5.74, 6) is 0.725. The number of aromatic nitrogens is 1. The second-order valence-corrected chi connectivity index (χ2v) is 4.13. The lowest BCUT2D eigenvalue weighted by Gasteiger charge is -2.08. The van der Waals surface area contributed by atoms with Gasteiger partial charge < -0.3 is 10.6 Å². The van der Waals surface area contributed by atoms with Crippen LogP contribution in [0.1, 0.15) is 16.9 Å². The number of ketones is 1. The van der Waals surface area contributed by atoms with E-state index in [2.05, 4.69) is 15.6 Å². The van der Waals surface area contributed by atoms with Crippen molar-refractivity contribution < 1.29 is 4.79 Å². The van der Waals surface area contributed by atoms with Crippen LogP contribution in [0, 0.1) is 5.92 Å². The van der Waals surface area contributed by atoms with Crippen molar-refractivity contribution >= 4 is 5.78 Å². The largest absolute Gasteiger partial charge is 0.316 e. The standard InChI is InChI=1S/C12H17N3O/c16-12(11-3-1-2-5-15-11)9-14-8-10-4-6-13-7-10/h1-3,5,10,13-14H,4,6-9H2/t10-/m1/s1. The Morgan fingerprint density at radius 3 is 3.19 bits per heavy atom. The molecule has 0 amide bonds. The maximum absolute atomic E-state index is 11.7. The van der Waals surface area contributed by atoms with Crippen molar-refractivity contribution in [3.63, 3.8) is 0 Å². The zero-order chi connectivity index (χ0) is 11.2. The van der Waals surface area contributed by atoms with Crippen molar-refractivity contribution in [2.45, 2.75) is 6.42 Å². The topological polar surface area (TPSA) is 54.0 Å². The zero-order valence-electron chi connectivity index (χ0n) is 9.28. The Kier molecular flexibility index (Phi) is 4.02. The van der Waals surface area contributed by atoms with Crippen LogP contribution in [-0.2, 0) is 0 Å². The molecule has 4 nitrogen and oxygen atoms in total. The number of carbonyl (C=O) groups is 1. The van der Waals surface area contributed by atoms with Crippen LogP contribution in [0.15, 0.2) is 24.4 Å². The molecule has 16 heavy (non-hydrogen) atoms. The summed E-state index contributed by atoms with van der Waals surface area (Å²) >= 11 is 0. The Balaban J connectivity index is 1.71. The van der Waals surface area contributed by atoms with Gasteiger partial charge in [0.25, 0.3) is 0 Å². The average Bonchev–Trinajstić information content (AvgIpc) is 2.83. The van der Waals surface area contributed by atoms with Crippen LogP contribution in [0.2, 0.25) is 0 Å². The van der Waals surface area contributed by atoms with Crippen molar-refractivity contribution in [2.75, 3.05) is 26.2 Å². The average molecular weight is 219 g/mol. The van der Waals surface area contributed by atoms with Crippen LogP contribution >= 0.6 is 0 Å². The Hall–Kier alpha value is -1.26. The predicted molar refractivity (Wildman–Crippen MR) is 62.4 cm³/mol. The van der Waals surface area contributed by atoms with E-state index in [1.54, 1.807) is 12.3 Å². The first-order chi connectivity index (χ1) is 7.86. The summed E-state index contributed by atoms with van der Waals surface area (Å²) in [5.41, 5.74) is 0.541. The highest BCUT2D eigenvalue weighted by Crippen LogP contribution is 2.05. The molecule has 0 unspecified atom stereocenters. The van der Waals surface area contributed by atoms with Crippen LogP contribution in [0.25, 0.3) is 0 Å². The van der Waals surface area contributed by atoms with Gasteiger partial charge in [-0.1, -0.05) is 6.07 Å². The van der Waals surface area contributed by atoms with E-state index in [1.807, 2.05) is 12.1 Å². The van der Waals surface area contributed by atoms with E-state index in [4.69, 9.17) is 0 Å². The third-order valence-corrected chi connectivity index (χ3v) is 2.83. The fraction of sp³-hybridized carbons (Fsp3) is 0.500. The highest BCUT2D eigenvalue weighted by molar-refractivity contribution is 5.95. The van der Waals surface area contributed by atoms with Crippen molar-refractivity contribution in [1.29, 1.82) is 0 Å². The lowest BCUT2D eigenvalue weighted by molar-refractivity contribution is 0.0985. The maximum atomic E-state index is 11.7. The number of Topliss-reactive ketones (excluding diaryl/α,β-unsaturated/α-hetero) is 1. The maximum Gasteiger partial charge on any atom is 0.194 e. The van der Waals surface area contributed by atoms with Gasteiger partial charge in [-0.2, -0.15) is 0 Å². The highest BCUT2D eigenvalue weighted by atomic mass is 16.1. The van der Waals surface area contributed by atoms with Crippen molar-refractivity contribution in [1.82, 2.24) is 15.6 Å². The first kappa shape index (κ1) is 11.2. The molecule has 0 bridgehead atoms. The minimum Gasteiger partial charge on any atom is -0.316 e. The molecule has 86 valence electrons. The van der Waals surface area contributed by atoms with Gasteiger partial charge in [0, 0.05) is 6.20 Å². The Morgan fingerprint density at radius 2 is 2.50 bits per heavy atom. The van der Waals surface area contributed by atoms with Gasteiger partial charge in [0.15, 0.2) is 5.78 Å². The molecule has 1 saturated heterocycles. The summed E-state index contributed by atoms with van der Waals surface area (Å²) in [6.07, 6.45) is 2.85. The van der Waals surface area contributed by atoms with Gasteiger partial charge in [0.05, 0.1) is 6.54 Å². The molecule has 1 aliphatic heterocycles. The van der Waals surface area contributed by atoms with Crippen LogP contribution in [0.3, 0.4) is 0 Å². The van der Waals surface area contributed by atoms with Crippen LogP contribution in [0.5, 0.6) is 0 Å². The number of nitrogens with zero attached hydrogens (tertiary/aromatic N) is 1. The molecule has 2 rings (SSSR count). The molecule has 0 spiro atoms. The molecule has 4 heteroatoms. The molecule has 2 N–H and O–H groups in total. The van der Waals surface area contributed by atoms with E-state index in [0.717, 1.165) is 19.6 Å². The summed E-state index contributed by atoms with van der Waals surface area (Å²) in [6.45, 7) is 3.45. The molecule has 0 aromatic carbocycles. The SMILES string of the molecule is O=C(CNC[C@@H]1CCNC1)c1ccccn1. The van der Waals surface area contributed by atoms with Crippen molar-refractivity contribution in [3.8, 4) is 0 Å². The minimum absolute atomic E-state index is 0.0616. The molecule has 1 aliphatic rings. The number of hydrogen-bond donors (Lipinski definition) is 2. The molecule has 1 aromatic heterocycles. The molecule has 0 saturated carbocycles. The van der Waals surface area contributed by atoms with Gasteiger partial charge in [-0.3, -0.25) is 9.78 Å². The van der Waals surface area contributed by atoms with Crippen LogP contribution in [0.4, 0.5) is 0 Å². The number of nitrogens with one attached hydrogen (secondary N) is 2. The molecule has 2 heterocycles. The third-order valence-electron chi connectivity index (χ3n) is 2.83. The Morgan fingerprint density at radius 1 is 1.56 bits per heavy atom. The lowest BCUT2D eigenvalue weighted by atomic mass is 10.1. The molecule has 1 aromatic rings. The minimum atomic E-state index is 0.0616. The molecular weight excluding hydrogens is 202 g/mol. The third kappa shape index (κ3) is 3.12. The van der Waals surface area contributed by atoms with E-state index in [-0.39, 0.29) is 5.78 Å². The summed E-state index contributed by atoms with van der Waals surface area (Å²) in [6, 6.07) is 5.40. The number of hydrogen-bond acceptors (Lipinski definition) is 4. The fourth-order valence-corrected chi connectivity index (χ4v) is 1.90. The first-order valence-electron chi connectivity index (χ1n) is 5.72. The molecule has 1 atom stereocenters. The quantitative estimate of drug-likeness (QED) is 0.707. The van der Waals surface area contributed by atoms with E-state index in [9.17, 15) is 4.79 Å². The summed E-state index contributed by atoms with van der Waals surface area (Å²) in [4.78, 5) is 15.7.